The number of anilines is 1. The second-order valence-corrected chi connectivity index (χ2v) is 7.88. The molecule has 1 heterocycles. The molecule has 6 heteroatoms. The molecule has 1 saturated heterocycles. The number of hydrogen-bond acceptors (Lipinski definition) is 4. The van der Waals surface area contributed by atoms with Crippen LogP contribution in [-0.4, -0.2) is 32.2 Å². The van der Waals surface area contributed by atoms with Crippen molar-refractivity contribution in [2.24, 2.45) is 0 Å². The molecule has 0 saturated carbocycles. The summed E-state index contributed by atoms with van der Waals surface area (Å²) in [6.07, 6.45) is 3.25. The minimum atomic E-state index is -0.357. The summed E-state index contributed by atoms with van der Waals surface area (Å²) in [5, 5.41) is 10.9. The first-order chi connectivity index (χ1) is 13.1. The first-order valence-corrected chi connectivity index (χ1v) is 10.4. The molecule has 0 aromatic heterocycles. The van der Waals surface area contributed by atoms with Crippen LogP contribution < -0.4 is 16.0 Å². The maximum absolute atomic E-state index is 13.5. The molecule has 1 aliphatic rings. The SMILES string of the molecule is Fc1cc(NCCCCNC[C@H]2NCC[C@@H]2c2ccccc2)c(Cl)cc1S. The van der Waals surface area contributed by atoms with Gasteiger partial charge < -0.3 is 16.0 Å². The molecule has 0 radical (unpaired) electrons. The molecule has 2 atom stereocenters. The van der Waals surface area contributed by atoms with E-state index in [1.165, 1.54) is 24.1 Å². The predicted molar refractivity (Wildman–Crippen MR) is 115 cm³/mol. The lowest BCUT2D eigenvalue weighted by Crippen LogP contribution is -2.37. The van der Waals surface area contributed by atoms with Crippen molar-refractivity contribution < 1.29 is 4.39 Å². The van der Waals surface area contributed by atoms with Crippen molar-refractivity contribution in [2.45, 2.75) is 36.1 Å². The summed E-state index contributed by atoms with van der Waals surface area (Å²) in [7, 11) is 0. The topological polar surface area (TPSA) is 36.1 Å². The Balaban J connectivity index is 1.32. The number of hydrogen-bond donors (Lipinski definition) is 4. The largest absolute Gasteiger partial charge is 0.384 e. The fourth-order valence-corrected chi connectivity index (χ4v) is 4.11. The van der Waals surface area contributed by atoms with E-state index in [1.807, 2.05) is 0 Å². The van der Waals surface area contributed by atoms with Crippen LogP contribution in [0.1, 0.15) is 30.7 Å². The van der Waals surface area contributed by atoms with Crippen LogP contribution in [-0.2, 0) is 0 Å². The number of thiol groups is 1. The summed E-state index contributed by atoms with van der Waals surface area (Å²) in [6, 6.07) is 14.2. The monoisotopic (exact) mass is 407 g/mol. The molecule has 0 unspecified atom stereocenters. The first-order valence-electron chi connectivity index (χ1n) is 9.56. The average molecular weight is 408 g/mol. The van der Waals surface area contributed by atoms with Gasteiger partial charge in [-0.25, -0.2) is 4.39 Å². The lowest BCUT2D eigenvalue weighted by atomic mass is 9.92. The van der Waals surface area contributed by atoms with Crippen LogP contribution in [0.5, 0.6) is 0 Å². The molecule has 0 bridgehead atoms. The van der Waals surface area contributed by atoms with Crippen molar-refractivity contribution in [2.75, 3.05) is 31.5 Å². The maximum atomic E-state index is 13.5. The van der Waals surface area contributed by atoms with Gasteiger partial charge in [0.05, 0.1) is 10.7 Å². The lowest BCUT2D eigenvalue weighted by molar-refractivity contribution is 0.491. The third-order valence-electron chi connectivity index (χ3n) is 5.07. The van der Waals surface area contributed by atoms with Crippen LogP contribution >= 0.6 is 24.2 Å². The van der Waals surface area contributed by atoms with Crippen molar-refractivity contribution in [1.82, 2.24) is 10.6 Å². The third kappa shape index (κ3) is 5.85. The highest BCUT2D eigenvalue weighted by Crippen LogP contribution is 2.28. The summed E-state index contributed by atoms with van der Waals surface area (Å²) in [5.41, 5.74) is 2.05. The normalized spacial score (nSPS) is 19.4. The van der Waals surface area contributed by atoms with E-state index in [1.54, 1.807) is 0 Å². The van der Waals surface area contributed by atoms with Gasteiger partial charge in [-0.2, -0.15) is 0 Å². The minimum absolute atomic E-state index is 0.268. The van der Waals surface area contributed by atoms with E-state index < -0.39 is 0 Å². The van der Waals surface area contributed by atoms with Crippen molar-refractivity contribution >= 4 is 29.9 Å². The van der Waals surface area contributed by atoms with Gasteiger partial charge in [-0.15, -0.1) is 12.6 Å². The number of benzene rings is 2. The molecule has 2 aromatic rings. The summed E-state index contributed by atoms with van der Waals surface area (Å²) in [6.45, 7) is 3.80. The molecule has 146 valence electrons. The maximum Gasteiger partial charge on any atom is 0.138 e. The molecule has 0 amide bonds. The Bertz CT molecular complexity index is 729. The predicted octanol–water partition coefficient (Wildman–Crippen LogP) is 4.70. The summed E-state index contributed by atoms with van der Waals surface area (Å²) >= 11 is 10.1. The average Bonchev–Trinajstić information content (AvgIpc) is 3.14. The number of nitrogens with one attached hydrogen (secondary N) is 3. The van der Waals surface area contributed by atoms with E-state index in [0.29, 0.717) is 22.7 Å². The van der Waals surface area contributed by atoms with E-state index in [4.69, 9.17) is 11.6 Å². The van der Waals surface area contributed by atoms with Crippen LogP contribution in [0.3, 0.4) is 0 Å². The third-order valence-corrected chi connectivity index (χ3v) is 5.73. The fourth-order valence-electron chi connectivity index (χ4n) is 3.61. The number of unbranched alkanes of at least 4 members (excludes halogenated alkanes) is 1. The molecule has 1 aliphatic heterocycles. The Morgan fingerprint density at radius 2 is 1.93 bits per heavy atom. The molecule has 0 aliphatic carbocycles. The zero-order valence-corrected chi connectivity index (χ0v) is 17.0. The van der Waals surface area contributed by atoms with Gasteiger partial charge in [-0.05, 0) is 50.0 Å². The van der Waals surface area contributed by atoms with Crippen molar-refractivity contribution in [1.29, 1.82) is 0 Å². The highest BCUT2D eigenvalue weighted by atomic mass is 35.5. The zero-order valence-electron chi connectivity index (χ0n) is 15.3. The summed E-state index contributed by atoms with van der Waals surface area (Å²) < 4.78 is 13.5. The molecule has 3 nitrogen and oxygen atoms in total. The van der Waals surface area contributed by atoms with Gasteiger partial charge in [-0.1, -0.05) is 41.9 Å². The molecule has 27 heavy (non-hydrogen) atoms. The van der Waals surface area contributed by atoms with E-state index in [-0.39, 0.29) is 10.7 Å². The Kier molecular flexibility index (Phi) is 7.82. The Labute approximate surface area is 171 Å². The summed E-state index contributed by atoms with van der Waals surface area (Å²) in [4.78, 5) is 0.268. The summed E-state index contributed by atoms with van der Waals surface area (Å²) in [5.74, 6) is 0.233. The van der Waals surface area contributed by atoms with Crippen molar-refractivity contribution in [3.05, 3.63) is 58.9 Å². The minimum Gasteiger partial charge on any atom is -0.384 e. The highest BCUT2D eigenvalue weighted by Gasteiger charge is 2.27. The number of halogens is 2. The van der Waals surface area contributed by atoms with Gasteiger partial charge in [0, 0.05) is 29.9 Å². The van der Waals surface area contributed by atoms with Crippen LogP contribution in [0, 0.1) is 5.82 Å². The Morgan fingerprint density at radius 1 is 1.15 bits per heavy atom. The smallest absolute Gasteiger partial charge is 0.138 e. The van der Waals surface area contributed by atoms with E-state index in [2.05, 4.69) is 58.9 Å². The second kappa shape index (κ2) is 10.3. The lowest BCUT2D eigenvalue weighted by Gasteiger charge is -2.20. The van der Waals surface area contributed by atoms with Gasteiger partial charge in [0.25, 0.3) is 0 Å². The first kappa shape index (κ1) is 20.5. The van der Waals surface area contributed by atoms with Crippen LogP contribution in [0.25, 0.3) is 0 Å². The quantitative estimate of drug-likeness (QED) is 0.359. The van der Waals surface area contributed by atoms with Gasteiger partial charge in [0.2, 0.25) is 0 Å². The van der Waals surface area contributed by atoms with Crippen molar-refractivity contribution in [3.8, 4) is 0 Å². The van der Waals surface area contributed by atoms with Gasteiger partial charge >= 0.3 is 0 Å². The van der Waals surface area contributed by atoms with Crippen LogP contribution in [0.15, 0.2) is 47.4 Å². The standard InChI is InChI=1S/C21H27ClFN3S/c22-17-12-21(27)18(23)13-19(17)25-10-5-4-9-24-14-20-16(8-11-26-20)15-6-2-1-3-7-15/h1-3,6-7,12-13,16,20,24-27H,4-5,8-11,14H2/t16-,20-/m1/s1. The molecule has 1 fully saturated rings. The second-order valence-electron chi connectivity index (χ2n) is 6.99. The Hall–Kier alpha value is -1.27. The molecule has 0 spiro atoms. The van der Waals surface area contributed by atoms with E-state index in [0.717, 1.165) is 39.0 Å². The molecular formula is C21H27ClFN3S. The van der Waals surface area contributed by atoms with Crippen LogP contribution in [0.4, 0.5) is 10.1 Å². The Morgan fingerprint density at radius 3 is 2.74 bits per heavy atom. The van der Waals surface area contributed by atoms with Crippen molar-refractivity contribution in [3.63, 3.8) is 0 Å². The van der Waals surface area contributed by atoms with Crippen LogP contribution in [0.2, 0.25) is 5.02 Å². The molecule has 3 N–H and O–H groups in total. The van der Waals surface area contributed by atoms with E-state index in [9.17, 15) is 4.39 Å². The van der Waals surface area contributed by atoms with Gasteiger partial charge in [0.1, 0.15) is 5.82 Å². The van der Waals surface area contributed by atoms with Gasteiger partial charge in [0.15, 0.2) is 0 Å². The molecule has 3 rings (SSSR count). The van der Waals surface area contributed by atoms with E-state index >= 15 is 0 Å². The highest BCUT2D eigenvalue weighted by molar-refractivity contribution is 7.80. The molecular weight excluding hydrogens is 381 g/mol. The number of rotatable bonds is 9. The fraction of sp³-hybridized carbons (Fsp3) is 0.429. The van der Waals surface area contributed by atoms with Gasteiger partial charge in [-0.3, -0.25) is 0 Å². The molecule has 2 aromatic carbocycles. The zero-order chi connectivity index (χ0) is 19.1.